The fourth-order valence-electron chi connectivity index (χ4n) is 2.28. The summed E-state index contributed by atoms with van der Waals surface area (Å²) >= 11 is 0.743. The normalized spacial score (nSPS) is 25.6. The van der Waals surface area contributed by atoms with Crippen LogP contribution in [0, 0.1) is 12.8 Å². The first-order chi connectivity index (χ1) is 8.86. The second kappa shape index (κ2) is 5.35. The van der Waals surface area contributed by atoms with Crippen LogP contribution in [0.25, 0.3) is 0 Å². The molecule has 2 heterocycles. The molecule has 1 fully saturated rings. The van der Waals surface area contributed by atoms with Crippen molar-refractivity contribution in [3.05, 3.63) is 15.4 Å². The van der Waals surface area contributed by atoms with E-state index in [4.69, 9.17) is 4.74 Å². The lowest BCUT2D eigenvalue weighted by Crippen LogP contribution is -2.46. The van der Waals surface area contributed by atoms with Crippen LogP contribution in [-0.4, -0.2) is 44.0 Å². The lowest BCUT2D eigenvalue weighted by atomic mass is 9.97. The van der Waals surface area contributed by atoms with Crippen LogP contribution in [0.3, 0.4) is 0 Å². The van der Waals surface area contributed by atoms with Gasteiger partial charge in [-0.3, -0.25) is 4.79 Å². The van der Waals surface area contributed by atoms with Crippen molar-refractivity contribution < 1.29 is 13.2 Å². The summed E-state index contributed by atoms with van der Waals surface area (Å²) in [6.45, 7) is 4.46. The molecule has 108 valence electrons. The molecule has 1 saturated heterocycles. The van der Waals surface area contributed by atoms with Crippen LogP contribution >= 0.6 is 11.3 Å². The summed E-state index contributed by atoms with van der Waals surface area (Å²) in [5, 5.41) is 0. The molecule has 1 aromatic heterocycles. The maximum absolute atomic E-state index is 12.5. The maximum Gasteiger partial charge on any atom is 0.305 e. The number of hydrogen-bond acceptors (Lipinski definition) is 5. The molecule has 2 atom stereocenters. The average Bonchev–Trinajstić information content (AvgIpc) is 2.69. The highest BCUT2D eigenvalue weighted by atomic mass is 32.2. The number of H-pyrrole nitrogens is 1. The van der Waals surface area contributed by atoms with Crippen LogP contribution in [0.15, 0.2) is 9.00 Å². The van der Waals surface area contributed by atoms with Crippen molar-refractivity contribution in [2.24, 2.45) is 5.92 Å². The van der Waals surface area contributed by atoms with Gasteiger partial charge < -0.3 is 9.72 Å². The minimum absolute atomic E-state index is 0.0977. The Balaban J connectivity index is 2.30. The van der Waals surface area contributed by atoms with E-state index in [1.54, 1.807) is 14.0 Å². The van der Waals surface area contributed by atoms with Crippen molar-refractivity contribution >= 4 is 21.4 Å². The molecule has 6 nitrogen and oxygen atoms in total. The molecular weight excluding hydrogens is 288 g/mol. The van der Waals surface area contributed by atoms with Gasteiger partial charge in [-0.05, 0) is 19.3 Å². The van der Waals surface area contributed by atoms with Crippen molar-refractivity contribution in [3.63, 3.8) is 0 Å². The molecule has 0 spiro atoms. The van der Waals surface area contributed by atoms with E-state index in [1.807, 2.05) is 0 Å². The molecule has 1 aliphatic heterocycles. The Morgan fingerprint density at radius 1 is 1.47 bits per heavy atom. The number of nitrogens with one attached hydrogen (secondary N) is 1. The van der Waals surface area contributed by atoms with Gasteiger partial charge in [-0.25, -0.2) is 8.42 Å². The predicted molar refractivity (Wildman–Crippen MR) is 73.0 cm³/mol. The average molecular weight is 306 g/mol. The summed E-state index contributed by atoms with van der Waals surface area (Å²) in [5.41, 5.74) is 0.405. The molecule has 0 bridgehead atoms. The summed E-state index contributed by atoms with van der Waals surface area (Å²) in [6.07, 6.45) is 0.662. The highest BCUT2D eigenvalue weighted by molar-refractivity contribution is 7.91. The predicted octanol–water partition coefficient (Wildman–Crippen LogP) is 0.790. The van der Waals surface area contributed by atoms with Crippen LogP contribution < -0.4 is 4.87 Å². The van der Waals surface area contributed by atoms with Crippen molar-refractivity contribution in [2.45, 2.75) is 30.6 Å². The fraction of sp³-hybridized carbons (Fsp3) is 0.727. The first-order valence-corrected chi connectivity index (χ1v) is 8.34. The molecule has 1 aromatic rings. The van der Waals surface area contributed by atoms with Gasteiger partial charge in [-0.15, -0.1) is 0 Å². The third-order valence-corrected chi connectivity index (χ3v) is 6.96. The van der Waals surface area contributed by atoms with Gasteiger partial charge in [-0.1, -0.05) is 18.3 Å². The van der Waals surface area contributed by atoms with E-state index in [-0.39, 0.29) is 15.2 Å². The monoisotopic (exact) mass is 306 g/mol. The summed E-state index contributed by atoms with van der Waals surface area (Å²) in [5.74, 6) is 0.336. The Bertz CT molecular complexity index is 604. The van der Waals surface area contributed by atoms with E-state index in [1.165, 1.54) is 4.31 Å². The van der Waals surface area contributed by atoms with Crippen molar-refractivity contribution in [1.82, 2.24) is 9.29 Å². The SMILES string of the molecule is COC1CN(S(=O)(=O)c2sc(=O)[nH]c2C)CCC1C. The highest BCUT2D eigenvalue weighted by Gasteiger charge is 2.35. The van der Waals surface area contributed by atoms with E-state index in [0.29, 0.717) is 24.7 Å². The van der Waals surface area contributed by atoms with Crippen LogP contribution in [-0.2, 0) is 14.8 Å². The van der Waals surface area contributed by atoms with Gasteiger partial charge in [0, 0.05) is 25.9 Å². The number of aryl methyl sites for hydroxylation is 1. The van der Waals surface area contributed by atoms with Gasteiger partial charge in [0.05, 0.1) is 6.10 Å². The van der Waals surface area contributed by atoms with E-state index in [9.17, 15) is 13.2 Å². The topological polar surface area (TPSA) is 79.5 Å². The van der Waals surface area contributed by atoms with E-state index < -0.39 is 10.0 Å². The van der Waals surface area contributed by atoms with Crippen molar-refractivity contribution in [3.8, 4) is 0 Å². The second-order valence-electron chi connectivity index (χ2n) is 4.83. The number of nitrogens with zero attached hydrogens (tertiary/aromatic N) is 1. The number of aromatic amines is 1. The van der Waals surface area contributed by atoms with Gasteiger partial charge in [0.15, 0.2) is 4.21 Å². The van der Waals surface area contributed by atoms with Gasteiger partial charge in [0.2, 0.25) is 0 Å². The number of rotatable bonds is 3. The zero-order valence-electron chi connectivity index (χ0n) is 11.2. The minimum Gasteiger partial charge on any atom is -0.380 e. The van der Waals surface area contributed by atoms with Crippen molar-refractivity contribution in [2.75, 3.05) is 20.2 Å². The Hall–Kier alpha value is -0.700. The standard InChI is InChI=1S/C11H18N2O4S2/c1-7-4-5-13(6-9(7)17-3)19(15,16)10-8(2)12-11(14)18-10/h7,9H,4-6H2,1-3H3,(H,12,14). The van der Waals surface area contributed by atoms with Gasteiger partial charge in [0.25, 0.3) is 10.0 Å². The Labute approximate surface area is 116 Å². The van der Waals surface area contributed by atoms with Crippen LogP contribution in [0.2, 0.25) is 0 Å². The lowest BCUT2D eigenvalue weighted by Gasteiger charge is -2.35. The zero-order chi connectivity index (χ0) is 14.2. The molecule has 0 aromatic carbocycles. The van der Waals surface area contributed by atoms with E-state index in [2.05, 4.69) is 11.9 Å². The quantitative estimate of drug-likeness (QED) is 0.895. The van der Waals surface area contributed by atoms with Crippen LogP contribution in [0.5, 0.6) is 0 Å². The third-order valence-electron chi connectivity index (χ3n) is 3.51. The van der Waals surface area contributed by atoms with Crippen LogP contribution in [0.1, 0.15) is 19.0 Å². The summed E-state index contributed by atoms with van der Waals surface area (Å²) in [7, 11) is -2.00. The summed E-state index contributed by atoms with van der Waals surface area (Å²) in [6, 6.07) is 0. The Kier molecular flexibility index (Phi) is 4.14. The largest absolute Gasteiger partial charge is 0.380 e. The van der Waals surface area contributed by atoms with Gasteiger partial charge >= 0.3 is 4.87 Å². The Morgan fingerprint density at radius 3 is 2.68 bits per heavy atom. The summed E-state index contributed by atoms with van der Waals surface area (Å²) < 4.78 is 31.9. The smallest absolute Gasteiger partial charge is 0.305 e. The highest BCUT2D eigenvalue weighted by Crippen LogP contribution is 2.27. The van der Waals surface area contributed by atoms with E-state index >= 15 is 0 Å². The third kappa shape index (κ3) is 2.76. The number of methoxy groups -OCH3 is 1. The number of thiazole rings is 1. The number of aromatic nitrogens is 1. The number of ether oxygens (including phenoxy) is 1. The second-order valence-corrected chi connectivity index (χ2v) is 7.95. The van der Waals surface area contributed by atoms with Gasteiger partial charge in [-0.2, -0.15) is 4.31 Å². The van der Waals surface area contributed by atoms with Gasteiger partial charge in [0.1, 0.15) is 0 Å². The lowest BCUT2D eigenvalue weighted by molar-refractivity contribution is 0.0184. The maximum atomic E-state index is 12.5. The fourth-order valence-corrected chi connectivity index (χ4v) is 5.19. The molecule has 8 heteroatoms. The first kappa shape index (κ1) is 14.7. The van der Waals surface area contributed by atoms with Crippen molar-refractivity contribution in [1.29, 1.82) is 0 Å². The number of sulfonamides is 1. The number of hydrogen-bond donors (Lipinski definition) is 1. The zero-order valence-corrected chi connectivity index (χ0v) is 12.8. The number of piperidine rings is 1. The molecule has 19 heavy (non-hydrogen) atoms. The molecule has 0 amide bonds. The minimum atomic E-state index is -3.60. The molecule has 0 radical (unpaired) electrons. The molecule has 1 aliphatic rings. The molecule has 2 rings (SSSR count). The summed E-state index contributed by atoms with van der Waals surface area (Å²) in [4.78, 5) is 13.4. The first-order valence-electron chi connectivity index (χ1n) is 6.09. The molecular formula is C11H18N2O4S2. The van der Waals surface area contributed by atoms with E-state index in [0.717, 1.165) is 17.8 Å². The molecule has 1 N–H and O–H groups in total. The van der Waals surface area contributed by atoms with Crippen LogP contribution in [0.4, 0.5) is 0 Å². The molecule has 0 saturated carbocycles. The Morgan fingerprint density at radius 2 is 2.16 bits per heavy atom. The molecule has 2 unspecified atom stereocenters. The molecule has 0 aliphatic carbocycles.